The van der Waals surface area contributed by atoms with E-state index in [4.69, 9.17) is 10.00 Å². The van der Waals surface area contributed by atoms with Gasteiger partial charge in [-0.25, -0.2) is 0 Å². The molecule has 0 unspecified atom stereocenters. The Balaban J connectivity index is 1.70. The molecule has 0 heterocycles. The fraction of sp³-hybridized carbons (Fsp3) is 0.318. The molecule has 4 rings (SSSR count). The Bertz CT molecular complexity index is 927. The van der Waals surface area contributed by atoms with E-state index in [2.05, 4.69) is 42.5 Å². The van der Waals surface area contributed by atoms with Gasteiger partial charge in [-0.05, 0) is 65.4 Å². The van der Waals surface area contributed by atoms with Crippen molar-refractivity contribution in [2.24, 2.45) is 5.41 Å². The van der Waals surface area contributed by atoms with E-state index < -0.39 is 0 Å². The second-order valence-corrected chi connectivity index (χ2v) is 6.99. The molecule has 1 spiro atoms. The van der Waals surface area contributed by atoms with E-state index in [1.807, 2.05) is 25.3 Å². The molecule has 0 aliphatic heterocycles. The molecule has 0 saturated heterocycles. The van der Waals surface area contributed by atoms with Gasteiger partial charge in [-0.1, -0.05) is 36.4 Å². The number of ether oxygens (including phenoxy) is 1. The van der Waals surface area contributed by atoms with Crippen LogP contribution in [0.2, 0.25) is 0 Å². The standard InChI is InChI=1S/C22H21NO/c1-24-21-7-9-22(10-8-21)13-19-6-5-18(12-20(19)14-22)17-4-2-3-16(11-17)15-23/h2-6,11-14,21H,7-10H2,1H3. The van der Waals surface area contributed by atoms with E-state index in [9.17, 15) is 0 Å². The summed E-state index contributed by atoms with van der Waals surface area (Å²) >= 11 is 0. The van der Waals surface area contributed by atoms with Gasteiger partial charge in [-0.2, -0.15) is 5.26 Å². The van der Waals surface area contributed by atoms with Gasteiger partial charge in [0.1, 0.15) is 0 Å². The number of fused-ring (bicyclic) bond motifs is 1. The number of nitriles is 1. The molecule has 0 bridgehead atoms. The van der Waals surface area contributed by atoms with E-state index in [-0.39, 0.29) is 5.41 Å². The van der Waals surface area contributed by atoms with Crippen LogP contribution >= 0.6 is 0 Å². The predicted octanol–water partition coefficient (Wildman–Crippen LogP) is 3.38. The molecule has 2 aromatic carbocycles. The summed E-state index contributed by atoms with van der Waals surface area (Å²) in [6.45, 7) is 0. The summed E-state index contributed by atoms with van der Waals surface area (Å²) in [6.07, 6.45) is 9.92. The molecule has 1 fully saturated rings. The Morgan fingerprint density at radius 3 is 2.50 bits per heavy atom. The van der Waals surface area contributed by atoms with Gasteiger partial charge in [0, 0.05) is 12.5 Å². The maximum atomic E-state index is 9.10. The molecule has 2 nitrogen and oxygen atoms in total. The van der Waals surface area contributed by atoms with E-state index in [1.165, 1.54) is 28.8 Å². The van der Waals surface area contributed by atoms with Crippen molar-refractivity contribution >= 4 is 12.2 Å². The fourth-order valence-electron chi connectivity index (χ4n) is 4.09. The van der Waals surface area contributed by atoms with Crippen molar-refractivity contribution in [3.05, 3.63) is 58.5 Å². The quantitative estimate of drug-likeness (QED) is 0.851. The SMILES string of the molecule is COC1CCC2(C=c3ccc(-c4cccc(C#N)c4)cc3=C2)CC1. The van der Waals surface area contributed by atoms with Crippen molar-refractivity contribution in [1.82, 2.24) is 0 Å². The fourth-order valence-corrected chi connectivity index (χ4v) is 4.09. The van der Waals surface area contributed by atoms with Crippen LogP contribution < -0.4 is 10.4 Å². The van der Waals surface area contributed by atoms with Gasteiger partial charge in [0.05, 0.1) is 17.7 Å². The molecule has 0 atom stereocenters. The van der Waals surface area contributed by atoms with Gasteiger partial charge in [-0.3, -0.25) is 0 Å². The van der Waals surface area contributed by atoms with Gasteiger partial charge in [0.15, 0.2) is 0 Å². The van der Waals surface area contributed by atoms with E-state index >= 15 is 0 Å². The van der Waals surface area contributed by atoms with Gasteiger partial charge in [0.2, 0.25) is 0 Å². The van der Waals surface area contributed by atoms with Crippen LogP contribution in [-0.2, 0) is 4.74 Å². The predicted molar refractivity (Wildman–Crippen MR) is 96.5 cm³/mol. The molecule has 0 radical (unpaired) electrons. The lowest BCUT2D eigenvalue weighted by molar-refractivity contribution is 0.0564. The van der Waals surface area contributed by atoms with Crippen LogP contribution in [0.3, 0.4) is 0 Å². The molecule has 0 amide bonds. The van der Waals surface area contributed by atoms with Gasteiger partial charge >= 0.3 is 0 Å². The maximum Gasteiger partial charge on any atom is 0.0991 e. The van der Waals surface area contributed by atoms with Crippen LogP contribution in [0.25, 0.3) is 23.3 Å². The third-order valence-electron chi connectivity index (χ3n) is 5.49. The Labute approximate surface area is 142 Å². The van der Waals surface area contributed by atoms with Crippen molar-refractivity contribution in [1.29, 1.82) is 5.26 Å². The second kappa shape index (κ2) is 5.92. The van der Waals surface area contributed by atoms with E-state index in [1.54, 1.807) is 0 Å². The molecule has 120 valence electrons. The van der Waals surface area contributed by atoms with E-state index in [0.29, 0.717) is 11.7 Å². The monoisotopic (exact) mass is 315 g/mol. The van der Waals surface area contributed by atoms with Gasteiger partial charge in [-0.15, -0.1) is 0 Å². The Morgan fingerprint density at radius 2 is 1.75 bits per heavy atom. The highest BCUT2D eigenvalue weighted by molar-refractivity contribution is 5.68. The van der Waals surface area contributed by atoms with Crippen LogP contribution in [0.4, 0.5) is 0 Å². The summed E-state index contributed by atoms with van der Waals surface area (Å²) in [4.78, 5) is 0. The number of hydrogen-bond acceptors (Lipinski definition) is 2. The molecular formula is C22H21NO. The molecule has 2 aliphatic carbocycles. The summed E-state index contributed by atoms with van der Waals surface area (Å²) in [5.74, 6) is 0. The number of rotatable bonds is 2. The minimum atomic E-state index is 0.213. The zero-order chi connectivity index (χ0) is 16.6. The summed E-state index contributed by atoms with van der Waals surface area (Å²) < 4.78 is 5.52. The van der Waals surface area contributed by atoms with Gasteiger partial charge < -0.3 is 4.74 Å². The number of benzene rings is 2. The Kier molecular flexibility index (Phi) is 3.75. The topological polar surface area (TPSA) is 33.0 Å². The lowest BCUT2D eigenvalue weighted by atomic mass is 9.74. The van der Waals surface area contributed by atoms with Crippen molar-refractivity contribution in [3.63, 3.8) is 0 Å². The first-order valence-corrected chi connectivity index (χ1v) is 8.61. The first kappa shape index (κ1) is 15.2. The molecule has 2 aromatic rings. The van der Waals surface area contributed by atoms with Crippen LogP contribution in [0.5, 0.6) is 0 Å². The minimum Gasteiger partial charge on any atom is -0.381 e. The second-order valence-electron chi connectivity index (χ2n) is 6.99. The van der Waals surface area contributed by atoms with Crippen LogP contribution in [0.1, 0.15) is 31.2 Å². The molecular weight excluding hydrogens is 294 g/mol. The number of nitrogens with zero attached hydrogens (tertiary/aromatic N) is 1. The lowest BCUT2D eigenvalue weighted by Crippen LogP contribution is -2.26. The Morgan fingerprint density at radius 1 is 1.00 bits per heavy atom. The van der Waals surface area contributed by atoms with Crippen molar-refractivity contribution in [3.8, 4) is 17.2 Å². The van der Waals surface area contributed by atoms with Crippen LogP contribution in [0.15, 0.2) is 42.5 Å². The van der Waals surface area contributed by atoms with E-state index in [0.717, 1.165) is 18.4 Å². The average Bonchev–Trinajstić information content (AvgIpc) is 2.99. The molecule has 2 aliphatic rings. The molecule has 0 N–H and O–H groups in total. The highest BCUT2D eigenvalue weighted by Gasteiger charge is 2.33. The van der Waals surface area contributed by atoms with Crippen molar-refractivity contribution < 1.29 is 4.74 Å². The number of hydrogen-bond donors (Lipinski definition) is 0. The highest BCUT2D eigenvalue weighted by Crippen LogP contribution is 2.41. The summed E-state index contributed by atoms with van der Waals surface area (Å²) in [6, 6.07) is 16.7. The third kappa shape index (κ3) is 2.66. The van der Waals surface area contributed by atoms with Crippen LogP contribution in [-0.4, -0.2) is 13.2 Å². The number of methoxy groups -OCH3 is 1. The first-order valence-electron chi connectivity index (χ1n) is 8.61. The average molecular weight is 315 g/mol. The largest absolute Gasteiger partial charge is 0.381 e. The Hall–Kier alpha value is -2.37. The smallest absolute Gasteiger partial charge is 0.0991 e. The summed E-state index contributed by atoms with van der Waals surface area (Å²) in [5.41, 5.74) is 3.20. The highest BCUT2D eigenvalue weighted by atomic mass is 16.5. The molecule has 0 aromatic heterocycles. The van der Waals surface area contributed by atoms with Crippen LogP contribution in [0, 0.1) is 16.7 Å². The third-order valence-corrected chi connectivity index (χ3v) is 5.49. The van der Waals surface area contributed by atoms with Gasteiger partial charge in [0.25, 0.3) is 0 Å². The molecule has 2 heteroatoms. The van der Waals surface area contributed by atoms with Crippen molar-refractivity contribution in [2.75, 3.05) is 7.11 Å². The molecule has 1 saturated carbocycles. The first-order chi connectivity index (χ1) is 11.7. The summed E-state index contributed by atoms with van der Waals surface area (Å²) in [5, 5.41) is 11.8. The summed E-state index contributed by atoms with van der Waals surface area (Å²) in [7, 11) is 1.82. The molecule has 24 heavy (non-hydrogen) atoms. The van der Waals surface area contributed by atoms with Crippen molar-refractivity contribution in [2.45, 2.75) is 31.8 Å². The minimum absolute atomic E-state index is 0.213. The zero-order valence-corrected chi connectivity index (χ0v) is 14.0. The maximum absolute atomic E-state index is 9.10. The lowest BCUT2D eigenvalue weighted by Gasteiger charge is -2.34. The zero-order valence-electron chi connectivity index (χ0n) is 14.0. The normalized spacial score (nSPS) is 24.8.